The Morgan fingerprint density at radius 2 is 2.67 bits per heavy atom. The van der Waals surface area contributed by atoms with Gasteiger partial charge in [-0.15, -0.1) is 0 Å². The van der Waals surface area contributed by atoms with E-state index in [1.807, 2.05) is 13.1 Å². The van der Waals surface area contributed by atoms with Crippen molar-refractivity contribution in [3.63, 3.8) is 0 Å². The smallest absolute Gasteiger partial charge is 0.241 e. The monoisotopic (exact) mass is 208 g/mol. The average Bonchev–Trinajstić information content (AvgIpc) is 2.87. The van der Waals surface area contributed by atoms with Crippen LogP contribution >= 0.6 is 0 Å². The molecule has 1 amide bonds. The van der Waals surface area contributed by atoms with Crippen LogP contribution in [0.25, 0.3) is 0 Å². The Morgan fingerprint density at radius 3 is 3.27 bits per heavy atom. The van der Waals surface area contributed by atoms with Gasteiger partial charge in [-0.05, 0) is 26.3 Å². The highest BCUT2D eigenvalue weighted by Gasteiger charge is 2.21. The van der Waals surface area contributed by atoms with E-state index in [0.717, 1.165) is 31.6 Å². The fourth-order valence-corrected chi connectivity index (χ4v) is 1.74. The molecule has 1 fully saturated rings. The molecule has 0 radical (unpaired) electrons. The molecule has 1 aromatic rings. The third kappa shape index (κ3) is 2.36. The standard InChI is InChI=1S/C10H16N4O/c1-2-14-7-8(6-12-14)13-10(15)9-4-3-5-11-9/h6-7,9,11H,2-5H2,1H3,(H,13,15)/t9-/m0/s1. The second-order valence-electron chi connectivity index (χ2n) is 3.72. The maximum Gasteiger partial charge on any atom is 0.241 e. The van der Waals surface area contributed by atoms with Gasteiger partial charge in [-0.25, -0.2) is 0 Å². The van der Waals surface area contributed by atoms with Crippen molar-refractivity contribution in [3.8, 4) is 0 Å². The first-order valence-corrected chi connectivity index (χ1v) is 5.36. The molecule has 1 aliphatic rings. The molecule has 15 heavy (non-hydrogen) atoms. The van der Waals surface area contributed by atoms with Crippen LogP contribution in [0.4, 0.5) is 5.69 Å². The molecule has 1 aliphatic heterocycles. The molecule has 0 spiro atoms. The first kappa shape index (κ1) is 10.2. The number of aromatic nitrogens is 2. The van der Waals surface area contributed by atoms with Gasteiger partial charge in [0.15, 0.2) is 0 Å². The van der Waals surface area contributed by atoms with Crippen molar-refractivity contribution in [1.82, 2.24) is 15.1 Å². The summed E-state index contributed by atoms with van der Waals surface area (Å²) in [6.45, 7) is 3.76. The molecule has 2 heterocycles. The number of rotatable bonds is 3. The number of amides is 1. The van der Waals surface area contributed by atoms with Crippen LogP contribution in [0.15, 0.2) is 12.4 Å². The van der Waals surface area contributed by atoms with Crippen molar-refractivity contribution in [2.75, 3.05) is 11.9 Å². The Bertz CT molecular complexity index is 341. The van der Waals surface area contributed by atoms with E-state index in [9.17, 15) is 4.79 Å². The Balaban J connectivity index is 1.92. The molecular formula is C10H16N4O. The number of nitrogens with zero attached hydrogens (tertiary/aromatic N) is 2. The van der Waals surface area contributed by atoms with Gasteiger partial charge in [0, 0.05) is 12.7 Å². The zero-order valence-electron chi connectivity index (χ0n) is 8.86. The Hall–Kier alpha value is -1.36. The van der Waals surface area contributed by atoms with E-state index in [-0.39, 0.29) is 11.9 Å². The number of carbonyl (C=O) groups excluding carboxylic acids is 1. The lowest BCUT2D eigenvalue weighted by Crippen LogP contribution is -2.35. The fourth-order valence-electron chi connectivity index (χ4n) is 1.74. The molecule has 0 saturated carbocycles. The maximum atomic E-state index is 11.7. The average molecular weight is 208 g/mol. The minimum absolute atomic E-state index is 0.0324. The van der Waals surface area contributed by atoms with Crippen LogP contribution in [0.2, 0.25) is 0 Å². The lowest BCUT2D eigenvalue weighted by atomic mass is 10.2. The summed E-state index contributed by atoms with van der Waals surface area (Å²) in [7, 11) is 0. The lowest BCUT2D eigenvalue weighted by Gasteiger charge is -2.08. The quantitative estimate of drug-likeness (QED) is 0.764. The topological polar surface area (TPSA) is 59.0 Å². The molecular weight excluding hydrogens is 192 g/mol. The van der Waals surface area contributed by atoms with Crippen molar-refractivity contribution >= 4 is 11.6 Å². The van der Waals surface area contributed by atoms with Gasteiger partial charge in [-0.2, -0.15) is 5.10 Å². The molecule has 82 valence electrons. The normalized spacial score (nSPS) is 20.5. The third-order valence-corrected chi connectivity index (χ3v) is 2.60. The first-order chi connectivity index (χ1) is 7.29. The largest absolute Gasteiger partial charge is 0.322 e. The van der Waals surface area contributed by atoms with Crippen LogP contribution < -0.4 is 10.6 Å². The number of carbonyl (C=O) groups is 1. The van der Waals surface area contributed by atoms with E-state index in [2.05, 4.69) is 15.7 Å². The Morgan fingerprint density at radius 1 is 1.80 bits per heavy atom. The second-order valence-corrected chi connectivity index (χ2v) is 3.72. The third-order valence-electron chi connectivity index (χ3n) is 2.60. The second kappa shape index (κ2) is 4.44. The lowest BCUT2D eigenvalue weighted by molar-refractivity contribution is -0.117. The van der Waals surface area contributed by atoms with Gasteiger partial charge in [0.2, 0.25) is 5.91 Å². The highest BCUT2D eigenvalue weighted by Crippen LogP contribution is 2.09. The molecule has 2 N–H and O–H groups in total. The summed E-state index contributed by atoms with van der Waals surface area (Å²) < 4.78 is 1.79. The van der Waals surface area contributed by atoms with Crippen molar-refractivity contribution in [2.24, 2.45) is 0 Å². The molecule has 2 rings (SSSR count). The predicted octanol–water partition coefficient (Wildman–Crippen LogP) is 0.593. The highest BCUT2D eigenvalue weighted by atomic mass is 16.2. The van der Waals surface area contributed by atoms with E-state index in [1.54, 1.807) is 10.9 Å². The summed E-state index contributed by atoms with van der Waals surface area (Å²) in [6.07, 6.45) is 5.52. The zero-order valence-corrected chi connectivity index (χ0v) is 8.86. The van der Waals surface area contributed by atoms with Crippen LogP contribution in [0.5, 0.6) is 0 Å². The van der Waals surface area contributed by atoms with Crippen molar-refractivity contribution in [2.45, 2.75) is 32.4 Å². The minimum atomic E-state index is -0.0324. The van der Waals surface area contributed by atoms with Gasteiger partial charge in [-0.1, -0.05) is 0 Å². The van der Waals surface area contributed by atoms with Crippen LogP contribution in [0.1, 0.15) is 19.8 Å². The predicted molar refractivity (Wildman–Crippen MR) is 57.6 cm³/mol. The van der Waals surface area contributed by atoms with Gasteiger partial charge in [-0.3, -0.25) is 9.48 Å². The summed E-state index contributed by atoms with van der Waals surface area (Å²) in [5.74, 6) is 0.0446. The number of hydrogen-bond acceptors (Lipinski definition) is 3. The van der Waals surface area contributed by atoms with E-state index >= 15 is 0 Å². The zero-order chi connectivity index (χ0) is 10.7. The van der Waals surface area contributed by atoms with Crippen molar-refractivity contribution < 1.29 is 4.79 Å². The number of hydrogen-bond donors (Lipinski definition) is 2. The molecule has 1 saturated heterocycles. The van der Waals surface area contributed by atoms with E-state index < -0.39 is 0 Å². The number of nitrogens with one attached hydrogen (secondary N) is 2. The van der Waals surface area contributed by atoms with Gasteiger partial charge in [0.05, 0.1) is 17.9 Å². The maximum absolute atomic E-state index is 11.7. The highest BCUT2D eigenvalue weighted by molar-refractivity contribution is 5.94. The minimum Gasteiger partial charge on any atom is -0.322 e. The fraction of sp³-hybridized carbons (Fsp3) is 0.600. The Kier molecular flexibility index (Phi) is 3.01. The van der Waals surface area contributed by atoms with E-state index in [1.165, 1.54) is 0 Å². The number of anilines is 1. The molecule has 0 bridgehead atoms. The summed E-state index contributed by atoms with van der Waals surface area (Å²) in [5, 5.41) is 10.1. The molecule has 1 aromatic heterocycles. The van der Waals surface area contributed by atoms with Crippen LogP contribution in [-0.4, -0.2) is 28.3 Å². The SMILES string of the molecule is CCn1cc(NC(=O)[C@@H]2CCCN2)cn1. The first-order valence-electron chi connectivity index (χ1n) is 5.36. The van der Waals surface area contributed by atoms with Crippen molar-refractivity contribution in [1.29, 1.82) is 0 Å². The van der Waals surface area contributed by atoms with Crippen LogP contribution in [-0.2, 0) is 11.3 Å². The molecule has 5 heteroatoms. The summed E-state index contributed by atoms with van der Waals surface area (Å²) in [4.78, 5) is 11.7. The molecule has 5 nitrogen and oxygen atoms in total. The molecule has 0 aliphatic carbocycles. The van der Waals surface area contributed by atoms with Crippen LogP contribution in [0.3, 0.4) is 0 Å². The molecule has 1 atom stereocenters. The molecule has 0 aromatic carbocycles. The summed E-state index contributed by atoms with van der Waals surface area (Å²) in [5.41, 5.74) is 0.774. The van der Waals surface area contributed by atoms with Gasteiger partial charge < -0.3 is 10.6 Å². The van der Waals surface area contributed by atoms with Crippen molar-refractivity contribution in [3.05, 3.63) is 12.4 Å². The summed E-state index contributed by atoms with van der Waals surface area (Å²) in [6, 6.07) is -0.0324. The number of aryl methyl sites for hydroxylation is 1. The van der Waals surface area contributed by atoms with Crippen LogP contribution in [0, 0.1) is 0 Å². The van der Waals surface area contributed by atoms with Gasteiger partial charge in [0.1, 0.15) is 0 Å². The van der Waals surface area contributed by atoms with E-state index in [0.29, 0.717) is 0 Å². The van der Waals surface area contributed by atoms with Gasteiger partial charge in [0.25, 0.3) is 0 Å². The Labute approximate surface area is 88.8 Å². The molecule has 0 unspecified atom stereocenters. The summed E-state index contributed by atoms with van der Waals surface area (Å²) >= 11 is 0. The van der Waals surface area contributed by atoms with E-state index in [4.69, 9.17) is 0 Å². The van der Waals surface area contributed by atoms with Gasteiger partial charge >= 0.3 is 0 Å².